The first-order valence-electron chi connectivity index (χ1n) is 9.19. The van der Waals surface area contributed by atoms with Gasteiger partial charge in [-0.2, -0.15) is 5.10 Å². The molecule has 1 heterocycles. The number of hydrogen-bond acceptors (Lipinski definition) is 4. The molecule has 6 heteroatoms. The summed E-state index contributed by atoms with van der Waals surface area (Å²) >= 11 is 0. The van der Waals surface area contributed by atoms with E-state index >= 15 is 0 Å². The fraction of sp³-hybridized carbons (Fsp3) is 0.273. The molecule has 2 aromatic carbocycles. The molecule has 0 saturated heterocycles. The van der Waals surface area contributed by atoms with Crippen LogP contribution in [0, 0.1) is 6.92 Å². The van der Waals surface area contributed by atoms with Gasteiger partial charge in [-0.1, -0.05) is 24.3 Å². The molecule has 0 radical (unpaired) electrons. The van der Waals surface area contributed by atoms with Gasteiger partial charge in [0.1, 0.15) is 0 Å². The third kappa shape index (κ3) is 3.86. The number of hydrogen-bond donors (Lipinski definition) is 0. The summed E-state index contributed by atoms with van der Waals surface area (Å²) in [7, 11) is 3.21. The Bertz CT molecular complexity index is 951. The summed E-state index contributed by atoms with van der Waals surface area (Å²) in [4.78, 5) is 14.9. The lowest BCUT2D eigenvalue weighted by atomic mass is 10.1. The number of para-hydroxylation sites is 1. The maximum absolute atomic E-state index is 13.1. The molecule has 3 rings (SSSR count). The van der Waals surface area contributed by atoms with Gasteiger partial charge in [0.2, 0.25) is 0 Å². The van der Waals surface area contributed by atoms with E-state index in [2.05, 4.69) is 5.10 Å². The largest absolute Gasteiger partial charge is 0.493 e. The molecule has 0 spiro atoms. The standard InChI is InChI=1S/C22H25N3O3/c1-5-24(15-17-11-12-20(27-3)21(13-17)28-4)22(26)19-14-23-25(16(19)2)18-9-7-6-8-10-18/h6-14H,5,15H2,1-4H3. The lowest BCUT2D eigenvalue weighted by Crippen LogP contribution is -2.30. The molecule has 0 fully saturated rings. The average molecular weight is 379 g/mol. The summed E-state index contributed by atoms with van der Waals surface area (Å²) < 4.78 is 12.4. The van der Waals surface area contributed by atoms with Crippen LogP contribution >= 0.6 is 0 Å². The summed E-state index contributed by atoms with van der Waals surface area (Å²) in [6, 6.07) is 15.5. The number of amides is 1. The van der Waals surface area contributed by atoms with Crippen molar-refractivity contribution >= 4 is 5.91 Å². The van der Waals surface area contributed by atoms with Crippen molar-refractivity contribution in [3.05, 3.63) is 71.5 Å². The minimum Gasteiger partial charge on any atom is -0.493 e. The van der Waals surface area contributed by atoms with Crippen LogP contribution < -0.4 is 9.47 Å². The molecule has 0 aliphatic heterocycles. The fourth-order valence-electron chi connectivity index (χ4n) is 3.15. The number of nitrogens with zero attached hydrogens (tertiary/aromatic N) is 3. The third-order valence-electron chi connectivity index (χ3n) is 4.73. The van der Waals surface area contributed by atoms with Gasteiger partial charge in [0.05, 0.1) is 37.4 Å². The van der Waals surface area contributed by atoms with Gasteiger partial charge in [-0.05, 0) is 43.7 Å². The van der Waals surface area contributed by atoms with E-state index in [1.165, 1.54) is 0 Å². The lowest BCUT2D eigenvalue weighted by Gasteiger charge is -2.21. The zero-order valence-corrected chi connectivity index (χ0v) is 16.7. The number of methoxy groups -OCH3 is 2. The molecule has 1 aromatic heterocycles. The van der Waals surface area contributed by atoms with Crippen LogP contribution in [0.5, 0.6) is 11.5 Å². The number of aromatic nitrogens is 2. The highest BCUT2D eigenvalue weighted by atomic mass is 16.5. The number of carbonyl (C=O) groups is 1. The minimum atomic E-state index is -0.0445. The van der Waals surface area contributed by atoms with Gasteiger partial charge in [0.25, 0.3) is 5.91 Å². The predicted molar refractivity (Wildman–Crippen MR) is 108 cm³/mol. The molecule has 0 atom stereocenters. The van der Waals surface area contributed by atoms with E-state index in [-0.39, 0.29) is 5.91 Å². The van der Waals surface area contributed by atoms with Crippen LogP contribution in [-0.4, -0.2) is 41.4 Å². The van der Waals surface area contributed by atoms with Gasteiger partial charge < -0.3 is 14.4 Å². The molecule has 28 heavy (non-hydrogen) atoms. The first-order valence-corrected chi connectivity index (χ1v) is 9.19. The molecule has 6 nitrogen and oxygen atoms in total. The molecule has 0 bridgehead atoms. The third-order valence-corrected chi connectivity index (χ3v) is 4.73. The quantitative estimate of drug-likeness (QED) is 0.625. The Balaban J connectivity index is 1.84. The molecule has 3 aromatic rings. The van der Waals surface area contributed by atoms with E-state index < -0.39 is 0 Å². The van der Waals surface area contributed by atoms with E-state index in [1.807, 2.05) is 62.4 Å². The Morgan fingerprint density at radius 2 is 1.79 bits per heavy atom. The van der Waals surface area contributed by atoms with Crippen molar-refractivity contribution in [1.82, 2.24) is 14.7 Å². The van der Waals surface area contributed by atoms with Gasteiger partial charge in [-0.3, -0.25) is 4.79 Å². The summed E-state index contributed by atoms with van der Waals surface area (Å²) in [5.74, 6) is 1.27. The van der Waals surface area contributed by atoms with Crippen molar-refractivity contribution in [2.45, 2.75) is 20.4 Å². The summed E-state index contributed by atoms with van der Waals surface area (Å²) in [6.45, 7) is 4.95. The number of ether oxygens (including phenoxy) is 2. The first kappa shape index (κ1) is 19.5. The van der Waals surface area contributed by atoms with Crippen LogP contribution in [0.15, 0.2) is 54.7 Å². The molecule has 146 valence electrons. The van der Waals surface area contributed by atoms with Gasteiger partial charge in [0.15, 0.2) is 11.5 Å². The van der Waals surface area contributed by atoms with Gasteiger partial charge in [-0.15, -0.1) is 0 Å². The van der Waals surface area contributed by atoms with Gasteiger partial charge >= 0.3 is 0 Å². The predicted octanol–water partition coefficient (Wildman–Crippen LogP) is 3.86. The Hall–Kier alpha value is -3.28. The summed E-state index contributed by atoms with van der Waals surface area (Å²) in [6.07, 6.45) is 1.64. The van der Waals surface area contributed by atoms with Crippen LogP contribution in [0.1, 0.15) is 28.5 Å². The topological polar surface area (TPSA) is 56.6 Å². The molecule has 0 N–H and O–H groups in total. The number of benzene rings is 2. The first-order chi connectivity index (χ1) is 13.6. The van der Waals surface area contributed by atoms with Crippen molar-refractivity contribution in [2.24, 2.45) is 0 Å². The second-order valence-electron chi connectivity index (χ2n) is 6.40. The lowest BCUT2D eigenvalue weighted by molar-refractivity contribution is 0.0751. The Morgan fingerprint density at radius 3 is 2.43 bits per heavy atom. The van der Waals surface area contributed by atoms with Crippen molar-refractivity contribution in [3.8, 4) is 17.2 Å². The molecule has 0 saturated carbocycles. The van der Waals surface area contributed by atoms with Gasteiger partial charge in [0, 0.05) is 13.1 Å². The zero-order valence-electron chi connectivity index (χ0n) is 16.7. The van der Waals surface area contributed by atoms with Crippen LogP contribution in [0.4, 0.5) is 0 Å². The summed E-state index contributed by atoms with van der Waals surface area (Å²) in [5.41, 5.74) is 3.33. The molecular formula is C22H25N3O3. The van der Waals surface area contributed by atoms with E-state index in [0.29, 0.717) is 30.2 Å². The fourth-order valence-corrected chi connectivity index (χ4v) is 3.15. The van der Waals surface area contributed by atoms with Gasteiger partial charge in [-0.25, -0.2) is 4.68 Å². The number of rotatable bonds is 7. The molecule has 0 aliphatic rings. The summed E-state index contributed by atoms with van der Waals surface area (Å²) in [5, 5.41) is 4.41. The second-order valence-corrected chi connectivity index (χ2v) is 6.40. The molecule has 1 amide bonds. The van der Waals surface area contributed by atoms with Crippen LogP contribution in [-0.2, 0) is 6.54 Å². The smallest absolute Gasteiger partial charge is 0.257 e. The zero-order chi connectivity index (χ0) is 20.1. The van der Waals surface area contributed by atoms with E-state index in [9.17, 15) is 4.79 Å². The van der Waals surface area contributed by atoms with Crippen LogP contribution in [0.3, 0.4) is 0 Å². The van der Waals surface area contributed by atoms with E-state index in [0.717, 1.165) is 16.9 Å². The monoisotopic (exact) mass is 379 g/mol. The van der Waals surface area contributed by atoms with Crippen molar-refractivity contribution in [1.29, 1.82) is 0 Å². The molecular weight excluding hydrogens is 354 g/mol. The van der Waals surface area contributed by atoms with Crippen molar-refractivity contribution in [2.75, 3.05) is 20.8 Å². The van der Waals surface area contributed by atoms with Crippen molar-refractivity contribution in [3.63, 3.8) is 0 Å². The minimum absolute atomic E-state index is 0.0445. The van der Waals surface area contributed by atoms with E-state index in [1.54, 1.807) is 30.0 Å². The maximum atomic E-state index is 13.1. The number of carbonyl (C=O) groups excluding carboxylic acids is 1. The average Bonchev–Trinajstić information content (AvgIpc) is 3.13. The van der Waals surface area contributed by atoms with Crippen LogP contribution in [0.2, 0.25) is 0 Å². The highest BCUT2D eigenvalue weighted by Crippen LogP contribution is 2.28. The highest BCUT2D eigenvalue weighted by Gasteiger charge is 2.21. The molecule has 0 aliphatic carbocycles. The second kappa shape index (κ2) is 8.61. The molecule has 0 unspecified atom stereocenters. The van der Waals surface area contributed by atoms with Crippen molar-refractivity contribution < 1.29 is 14.3 Å². The van der Waals surface area contributed by atoms with Crippen LogP contribution in [0.25, 0.3) is 5.69 Å². The highest BCUT2D eigenvalue weighted by molar-refractivity contribution is 5.95. The SMILES string of the molecule is CCN(Cc1ccc(OC)c(OC)c1)C(=O)c1cnn(-c2ccccc2)c1C. The Morgan fingerprint density at radius 1 is 1.07 bits per heavy atom. The van der Waals surface area contributed by atoms with E-state index in [4.69, 9.17) is 9.47 Å². The maximum Gasteiger partial charge on any atom is 0.257 e. The Labute approximate surface area is 165 Å². The normalized spacial score (nSPS) is 10.6. The Kier molecular flexibility index (Phi) is 5.99.